The summed E-state index contributed by atoms with van der Waals surface area (Å²) in [6.45, 7) is 2.25. The second-order valence-corrected chi connectivity index (χ2v) is 7.01. The molecule has 0 amide bonds. The van der Waals surface area contributed by atoms with Crippen molar-refractivity contribution in [2.24, 2.45) is 7.05 Å². The first kappa shape index (κ1) is 21.5. The summed E-state index contributed by atoms with van der Waals surface area (Å²) >= 11 is 0. The second-order valence-electron chi connectivity index (χ2n) is 7.01. The van der Waals surface area contributed by atoms with Crippen LogP contribution in [0, 0.1) is 6.92 Å². The quantitative estimate of drug-likeness (QED) is 0.654. The first-order valence-corrected chi connectivity index (χ1v) is 9.27. The van der Waals surface area contributed by atoms with Gasteiger partial charge in [0.1, 0.15) is 5.39 Å². The number of aromatic nitrogens is 2. The average molecular weight is 422 g/mol. The fourth-order valence-corrected chi connectivity index (χ4v) is 3.51. The zero-order valence-electron chi connectivity index (χ0n) is 16.7. The lowest BCUT2D eigenvalue weighted by Gasteiger charge is -2.15. The van der Waals surface area contributed by atoms with Gasteiger partial charge in [-0.1, -0.05) is 31.2 Å². The maximum Gasteiger partial charge on any atom is 0.422 e. The third-order valence-corrected chi connectivity index (χ3v) is 5.04. The van der Waals surface area contributed by atoms with Crippen LogP contribution in [0.4, 0.5) is 13.2 Å². The van der Waals surface area contributed by atoms with E-state index in [1.165, 1.54) is 16.2 Å². The number of alkyl halides is 3. The van der Waals surface area contributed by atoms with Gasteiger partial charge < -0.3 is 19.0 Å². The maximum atomic E-state index is 13.4. The van der Waals surface area contributed by atoms with Gasteiger partial charge in [0.15, 0.2) is 18.1 Å². The molecule has 0 fully saturated rings. The van der Waals surface area contributed by atoms with Crippen molar-refractivity contribution in [3.63, 3.8) is 0 Å². The van der Waals surface area contributed by atoms with Crippen LogP contribution in [0.25, 0.3) is 10.9 Å². The highest BCUT2D eigenvalue weighted by Gasteiger charge is 2.32. The Labute approximate surface area is 170 Å². The van der Waals surface area contributed by atoms with Crippen molar-refractivity contribution < 1.29 is 27.8 Å². The fraction of sp³-hybridized carbons (Fsp3) is 0.333. The van der Waals surface area contributed by atoms with Crippen LogP contribution in [-0.2, 0) is 20.0 Å². The summed E-state index contributed by atoms with van der Waals surface area (Å²) in [6, 6.07) is 9.08. The van der Waals surface area contributed by atoms with Gasteiger partial charge in [0.25, 0.3) is 5.56 Å². The molecular formula is C21H21F3N2O4. The number of carboxylic acid groups (broad SMARTS) is 1. The maximum absolute atomic E-state index is 13.4. The number of carboxylic acids is 1. The molecule has 0 saturated heterocycles. The van der Waals surface area contributed by atoms with E-state index in [1.807, 2.05) is 38.1 Å². The van der Waals surface area contributed by atoms with Gasteiger partial charge in [-0.05, 0) is 30.5 Å². The van der Waals surface area contributed by atoms with E-state index in [-0.39, 0.29) is 17.4 Å². The Kier molecular flexibility index (Phi) is 5.65. The van der Waals surface area contributed by atoms with Gasteiger partial charge in [0.05, 0.1) is 12.1 Å². The normalized spacial score (nSPS) is 11.8. The van der Waals surface area contributed by atoms with Gasteiger partial charge in [0.2, 0.25) is 0 Å². The Balaban J connectivity index is 2.29. The third kappa shape index (κ3) is 3.92. The van der Waals surface area contributed by atoms with E-state index in [9.17, 15) is 27.9 Å². The van der Waals surface area contributed by atoms with Crippen LogP contribution in [0.2, 0.25) is 0 Å². The number of hydrogen-bond donors (Lipinski definition) is 1. The minimum atomic E-state index is -4.68. The zero-order valence-corrected chi connectivity index (χ0v) is 16.7. The molecule has 0 saturated carbocycles. The Morgan fingerprint density at radius 3 is 2.47 bits per heavy atom. The number of aryl methyl sites for hydroxylation is 3. The largest absolute Gasteiger partial charge is 0.481 e. The predicted octanol–water partition coefficient (Wildman–Crippen LogP) is 3.90. The molecule has 30 heavy (non-hydrogen) atoms. The van der Waals surface area contributed by atoms with E-state index in [0.29, 0.717) is 12.1 Å². The van der Waals surface area contributed by atoms with Gasteiger partial charge >= 0.3 is 12.1 Å². The number of fused-ring (bicyclic) bond motifs is 1. The minimum Gasteiger partial charge on any atom is -0.481 e. The van der Waals surface area contributed by atoms with E-state index >= 15 is 0 Å². The molecule has 0 atom stereocenters. The third-order valence-electron chi connectivity index (χ3n) is 5.04. The second kappa shape index (κ2) is 7.89. The predicted molar refractivity (Wildman–Crippen MR) is 105 cm³/mol. The lowest BCUT2D eigenvalue weighted by molar-refractivity contribution is -0.153. The van der Waals surface area contributed by atoms with Crippen molar-refractivity contribution in [3.05, 3.63) is 63.2 Å². The lowest BCUT2D eigenvalue weighted by Crippen LogP contribution is -2.25. The molecule has 0 aliphatic carbocycles. The van der Waals surface area contributed by atoms with Crippen LogP contribution in [0.5, 0.6) is 5.75 Å². The van der Waals surface area contributed by atoms with Crippen LogP contribution in [0.3, 0.4) is 0 Å². The number of halogens is 3. The molecule has 0 aliphatic rings. The van der Waals surface area contributed by atoms with Crippen LogP contribution < -0.4 is 10.3 Å². The van der Waals surface area contributed by atoms with Crippen LogP contribution >= 0.6 is 0 Å². The highest BCUT2D eigenvalue weighted by molar-refractivity contribution is 6.00. The molecule has 3 rings (SSSR count). The van der Waals surface area contributed by atoms with Crippen molar-refractivity contribution in [1.29, 1.82) is 0 Å². The molecule has 0 spiro atoms. The molecule has 1 aromatic carbocycles. The lowest BCUT2D eigenvalue weighted by atomic mass is 10.1. The fourth-order valence-electron chi connectivity index (χ4n) is 3.51. The Bertz CT molecular complexity index is 1180. The van der Waals surface area contributed by atoms with Crippen LogP contribution in [-0.4, -0.2) is 33.0 Å². The summed E-state index contributed by atoms with van der Waals surface area (Å²) in [6.07, 6.45) is -4.20. The van der Waals surface area contributed by atoms with E-state index in [0.717, 1.165) is 11.1 Å². The first-order chi connectivity index (χ1) is 14.0. The van der Waals surface area contributed by atoms with Crippen molar-refractivity contribution in [1.82, 2.24) is 9.13 Å². The smallest absolute Gasteiger partial charge is 0.422 e. The average Bonchev–Trinajstić information content (AvgIpc) is 2.95. The number of carbonyl (C=O) groups is 1. The standard InChI is InChI=1S/C21H21F3N2O4/c1-4-14-9-15-16(19(27)26(14)10-13-8-6-5-7-12(13)2)18(30-11-21(22,23)24)17(20(28)29)25(15)3/h5-9H,4,10-11H2,1-3H3,(H,28,29). The molecule has 2 heterocycles. The molecule has 1 N–H and O–H groups in total. The molecule has 0 bridgehead atoms. The molecule has 0 aliphatic heterocycles. The molecule has 160 valence electrons. The summed E-state index contributed by atoms with van der Waals surface area (Å²) in [4.78, 5) is 25.1. The number of rotatable bonds is 6. The van der Waals surface area contributed by atoms with E-state index in [1.54, 1.807) is 6.07 Å². The van der Waals surface area contributed by atoms with Crippen molar-refractivity contribution in [2.45, 2.75) is 33.0 Å². The van der Waals surface area contributed by atoms with Gasteiger partial charge in [-0.25, -0.2) is 4.79 Å². The monoisotopic (exact) mass is 422 g/mol. The van der Waals surface area contributed by atoms with Gasteiger partial charge in [-0.15, -0.1) is 0 Å². The Morgan fingerprint density at radius 2 is 1.90 bits per heavy atom. The number of hydrogen-bond acceptors (Lipinski definition) is 3. The highest BCUT2D eigenvalue weighted by Crippen LogP contribution is 2.32. The van der Waals surface area contributed by atoms with Crippen molar-refractivity contribution in [3.8, 4) is 5.75 Å². The number of pyridine rings is 1. The minimum absolute atomic E-state index is 0.176. The van der Waals surface area contributed by atoms with Crippen molar-refractivity contribution >= 4 is 16.9 Å². The summed E-state index contributed by atoms with van der Waals surface area (Å²) in [5.74, 6) is -2.04. The number of benzene rings is 1. The Hall–Kier alpha value is -3.23. The first-order valence-electron chi connectivity index (χ1n) is 9.27. The van der Waals surface area contributed by atoms with E-state index in [2.05, 4.69) is 0 Å². The van der Waals surface area contributed by atoms with E-state index < -0.39 is 35.8 Å². The highest BCUT2D eigenvalue weighted by atomic mass is 19.4. The number of aromatic carboxylic acids is 1. The number of ether oxygens (including phenoxy) is 1. The molecule has 9 heteroatoms. The van der Waals surface area contributed by atoms with E-state index in [4.69, 9.17) is 4.74 Å². The topological polar surface area (TPSA) is 73.5 Å². The summed E-state index contributed by atoms with van der Waals surface area (Å²) < 4.78 is 45.7. The van der Waals surface area contributed by atoms with Crippen LogP contribution in [0.15, 0.2) is 35.1 Å². The van der Waals surface area contributed by atoms with Gasteiger partial charge in [-0.3, -0.25) is 4.79 Å². The summed E-state index contributed by atoms with van der Waals surface area (Å²) in [5, 5.41) is 9.37. The summed E-state index contributed by atoms with van der Waals surface area (Å²) in [7, 11) is 1.39. The zero-order chi connectivity index (χ0) is 22.2. The Morgan fingerprint density at radius 1 is 1.23 bits per heavy atom. The van der Waals surface area contributed by atoms with Crippen molar-refractivity contribution in [2.75, 3.05) is 6.61 Å². The van der Waals surface area contributed by atoms with Gasteiger partial charge in [-0.2, -0.15) is 13.2 Å². The number of nitrogens with zero attached hydrogens (tertiary/aromatic N) is 2. The molecule has 0 radical (unpaired) electrons. The summed E-state index contributed by atoms with van der Waals surface area (Å²) in [5.41, 5.74) is 1.60. The van der Waals surface area contributed by atoms with Crippen LogP contribution in [0.1, 0.15) is 34.2 Å². The molecule has 0 unspecified atom stereocenters. The SMILES string of the molecule is CCc1cc2c(c(OCC(F)(F)F)c(C(=O)O)n2C)c(=O)n1Cc1ccccc1C. The molecular weight excluding hydrogens is 401 g/mol. The molecule has 2 aromatic heterocycles. The molecule has 6 nitrogen and oxygen atoms in total. The molecule has 3 aromatic rings. The van der Waals surface area contributed by atoms with Gasteiger partial charge in [0, 0.05) is 12.7 Å².